The minimum absolute atomic E-state index is 0.175. The number of likely N-dealkylation sites (tertiary alicyclic amines) is 1. The largest absolute Gasteiger partial charge is 0.444 e. The van der Waals surface area contributed by atoms with Crippen molar-refractivity contribution in [3.05, 3.63) is 53.1 Å². The van der Waals surface area contributed by atoms with Crippen molar-refractivity contribution in [1.82, 2.24) is 4.90 Å². The molecule has 0 radical (unpaired) electrons. The molecule has 3 rings (SSSR count). The number of hydrogen-bond acceptors (Lipinski definition) is 2. The van der Waals surface area contributed by atoms with Crippen molar-refractivity contribution in [2.75, 3.05) is 6.54 Å². The molecule has 2 aliphatic rings. The zero-order chi connectivity index (χ0) is 16.4. The maximum absolute atomic E-state index is 12.6. The Bertz CT molecular complexity index is 637. The van der Waals surface area contributed by atoms with Gasteiger partial charge in [0.1, 0.15) is 5.60 Å². The molecule has 0 saturated carbocycles. The lowest BCUT2D eigenvalue weighted by atomic mass is 9.91. The summed E-state index contributed by atoms with van der Waals surface area (Å²) in [6, 6.07) is 10.5. The third kappa shape index (κ3) is 3.66. The molecule has 1 atom stereocenters. The highest BCUT2D eigenvalue weighted by Crippen LogP contribution is 2.37. The van der Waals surface area contributed by atoms with Crippen LogP contribution < -0.4 is 0 Å². The highest BCUT2D eigenvalue weighted by atomic mass is 16.6. The van der Waals surface area contributed by atoms with Crippen LogP contribution in [-0.2, 0) is 4.74 Å². The van der Waals surface area contributed by atoms with E-state index in [4.69, 9.17) is 4.74 Å². The Balaban J connectivity index is 1.87. The van der Waals surface area contributed by atoms with Gasteiger partial charge in [0, 0.05) is 6.54 Å². The molecule has 3 heteroatoms. The minimum Gasteiger partial charge on any atom is -0.444 e. The van der Waals surface area contributed by atoms with Gasteiger partial charge in [-0.15, -0.1) is 0 Å². The quantitative estimate of drug-likeness (QED) is 0.745. The first-order chi connectivity index (χ1) is 10.9. The van der Waals surface area contributed by atoms with Gasteiger partial charge >= 0.3 is 6.09 Å². The number of hydrogen-bond donors (Lipinski definition) is 0. The summed E-state index contributed by atoms with van der Waals surface area (Å²) in [5, 5.41) is 0. The van der Waals surface area contributed by atoms with Gasteiger partial charge in [0.15, 0.2) is 0 Å². The third-order valence-electron chi connectivity index (χ3n) is 4.26. The van der Waals surface area contributed by atoms with Crippen LogP contribution in [-0.4, -0.2) is 29.2 Å². The zero-order valence-electron chi connectivity index (χ0n) is 14.2. The van der Waals surface area contributed by atoms with Gasteiger partial charge in [0.25, 0.3) is 0 Å². The second kappa shape index (κ2) is 6.23. The molecule has 122 valence electrons. The molecule has 0 N–H and O–H groups in total. The number of carbonyl (C=O) groups excluding carboxylic acids is 1. The van der Waals surface area contributed by atoms with Gasteiger partial charge in [0.05, 0.1) is 6.04 Å². The average molecular weight is 311 g/mol. The molecule has 0 bridgehead atoms. The number of amides is 1. The van der Waals surface area contributed by atoms with Crippen molar-refractivity contribution in [3.8, 4) is 0 Å². The molecular weight excluding hydrogens is 286 g/mol. The van der Waals surface area contributed by atoms with Crippen molar-refractivity contribution in [3.63, 3.8) is 0 Å². The van der Waals surface area contributed by atoms with E-state index < -0.39 is 5.60 Å². The fourth-order valence-corrected chi connectivity index (χ4v) is 3.31. The van der Waals surface area contributed by atoms with E-state index in [1.807, 2.05) is 43.9 Å². The lowest BCUT2D eigenvalue weighted by Crippen LogP contribution is -2.40. The first kappa shape index (κ1) is 15.9. The predicted molar refractivity (Wildman–Crippen MR) is 93.1 cm³/mol. The highest BCUT2D eigenvalue weighted by Gasteiger charge is 2.38. The lowest BCUT2D eigenvalue weighted by molar-refractivity contribution is 0.0235. The normalized spacial score (nSPS) is 22.7. The Labute approximate surface area is 138 Å². The summed E-state index contributed by atoms with van der Waals surface area (Å²) in [6.45, 7) is 6.39. The first-order valence-electron chi connectivity index (χ1n) is 8.40. The van der Waals surface area contributed by atoms with Gasteiger partial charge in [-0.25, -0.2) is 4.79 Å². The van der Waals surface area contributed by atoms with Crippen molar-refractivity contribution >= 4 is 12.2 Å². The van der Waals surface area contributed by atoms with E-state index in [2.05, 4.69) is 24.3 Å². The van der Waals surface area contributed by atoms with E-state index in [9.17, 15) is 4.79 Å². The summed E-state index contributed by atoms with van der Waals surface area (Å²) >= 11 is 0. The Morgan fingerprint density at radius 1 is 1.26 bits per heavy atom. The maximum Gasteiger partial charge on any atom is 0.411 e. The van der Waals surface area contributed by atoms with E-state index in [-0.39, 0.29) is 12.1 Å². The van der Waals surface area contributed by atoms with Crippen molar-refractivity contribution in [2.45, 2.75) is 51.7 Å². The van der Waals surface area contributed by atoms with Crippen LogP contribution in [0.5, 0.6) is 0 Å². The van der Waals surface area contributed by atoms with E-state index in [1.54, 1.807) is 0 Å². The van der Waals surface area contributed by atoms with Crippen LogP contribution in [0.25, 0.3) is 6.08 Å². The van der Waals surface area contributed by atoms with E-state index in [0.29, 0.717) is 6.54 Å². The average Bonchev–Trinajstić information content (AvgIpc) is 2.86. The Morgan fingerprint density at radius 3 is 2.70 bits per heavy atom. The number of rotatable bonds is 1. The molecule has 1 amide bonds. The number of allylic oxidation sites excluding steroid dienone is 1. The number of carbonyl (C=O) groups is 1. The smallest absolute Gasteiger partial charge is 0.411 e. The fraction of sp³-hybridized carbons (Fsp3) is 0.450. The number of benzene rings is 1. The van der Waals surface area contributed by atoms with Crippen LogP contribution in [0.4, 0.5) is 4.79 Å². The first-order valence-corrected chi connectivity index (χ1v) is 8.40. The molecule has 1 aliphatic carbocycles. The van der Waals surface area contributed by atoms with Gasteiger partial charge in [-0.2, -0.15) is 0 Å². The Morgan fingerprint density at radius 2 is 2.00 bits per heavy atom. The molecule has 23 heavy (non-hydrogen) atoms. The standard InChI is InChI=1S/C20H25NO2/c1-20(2,3)23-19(22)21-14-16(13-15-9-5-4-6-10-15)17-11-7-8-12-18(17)21/h4-6,9-11,13,18H,7-8,12,14H2,1-3H3/b16-13-. The molecule has 1 fully saturated rings. The van der Waals surface area contributed by atoms with E-state index in [1.165, 1.54) is 16.7 Å². The Hall–Kier alpha value is -2.03. The van der Waals surface area contributed by atoms with Gasteiger partial charge in [0.2, 0.25) is 0 Å². The highest BCUT2D eigenvalue weighted by molar-refractivity contribution is 5.74. The van der Waals surface area contributed by atoms with Gasteiger partial charge in [-0.1, -0.05) is 36.4 Å². The molecule has 1 aliphatic heterocycles. The molecule has 0 aromatic heterocycles. The number of ether oxygens (including phenoxy) is 1. The predicted octanol–water partition coefficient (Wildman–Crippen LogP) is 4.80. The summed E-state index contributed by atoms with van der Waals surface area (Å²) < 4.78 is 5.60. The summed E-state index contributed by atoms with van der Waals surface area (Å²) in [7, 11) is 0. The third-order valence-corrected chi connectivity index (χ3v) is 4.26. The second-order valence-corrected chi connectivity index (χ2v) is 7.29. The van der Waals surface area contributed by atoms with Crippen LogP contribution in [0.15, 0.2) is 47.6 Å². The Kier molecular flexibility index (Phi) is 4.29. The van der Waals surface area contributed by atoms with Crippen LogP contribution in [0, 0.1) is 0 Å². The summed E-state index contributed by atoms with van der Waals surface area (Å²) in [5.41, 5.74) is 3.28. The van der Waals surface area contributed by atoms with E-state index in [0.717, 1.165) is 19.3 Å². The summed E-state index contributed by atoms with van der Waals surface area (Å²) in [4.78, 5) is 14.5. The molecular formula is C20H25NO2. The van der Waals surface area contributed by atoms with Gasteiger partial charge in [-0.3, -0.25) is 4.90 Å². The topological polar surface area (TPSA) is 29.5 Å². The number of fused-ring (bicyclic) bond motifs is 1. The lowest BCUT2D eigenvalue weighted by Gasteiger charge is -2.29. The second-order valence-electron chi connectivity index (χ2n) is 7.29. The molecule has 1 aromatic rings. The summed E-state index contributed by atoms with van der Waals surface area (Å²) in [5.74, 6) is 0. The van der Waals surface area contributed by atoms with Crippen molar-refractivity contribution in [2.24, 2.45) is 0 Å². The van der Waals surface area contributed by atoms with Crippen LogP contribution >= 0.6 is 0 Å². The SMILES string of the molecule is CC(C)(C)OC(=O)N1C/C(=C/c2ccccc2)C2=CCCCC21. The van der Waals surface area contributed by atoms with Gasteiger partial charge < -0.3 is 4.74 Å². The number of nitrogens with zero attached hydrogens (tertiary/aromatic N) is 1. The molecule has 1 saturated heterocycles. The van der Waals surface area contributed by atoms with Gasteiger partial charge in [-0.05, 0) is 62.8 Å². The molecule has 1 heterocycles. The molecule has 3 nitrogen and oxygen atoms in total. The monoisotopic (exact) mass is 311 g/mol. The molecule has 1 aromatic carbocycles. The van der Waals surface area contributed by atoms with E-state index >= 15 is 0 Å². The van der Waals surface area contributed by atoms with Crippen LogP contribution in [0.1, 0.15) is 45.6 Å². The fourth-order valence-electron chi connectivity index (χ4n) is 3.31. The van der Waals surface area contributed by atoms with Crippen molar-refractivity contribution < 1.29 is 9.53 Å². The zero-order valence-corrected chi connectivity index (χ0v) is 14.2. The minimum atomic E-state index is -0.457. The van der Waals surface area contributed by atoms with Crippen LogP contribution in [0.2, 0.25) is 0 Å². The maximum atomic E-state index is 12.6. The van der Waals surface area contributed by atoms with Crippen molar-refractivity contribution in [1.29, 1.82) is 0 Å². The molecule has 0 spiro atoms. The summed E-state index contributed by atoms with van der Waals surface area (Å²) in [6.07, 6.45) is 7.55. The van der Waals surface area contributed by atoms with Crippen LogP contribution in [0.3, 0.4) is 0 Å². The molecule has 1 unspecified atom stereocenters.